The van der Waals surface area contributed by atoms with Crippen LogP contribution in [0.4, 0.5) is 19.0 Å². The molecule has 42 heavy (non-hydrogen) atoms. The SMILES string of the molecule is C[C@H]1NCC[C@H]1N(C)c1nc(OC[C@@]23CCCN2C[C@H](F)C3)nc2c(F)c(-c3cccc4ccc(F)c(Cl)c34)ncc12. The van der Waals surface area contributed by atoms with E-state index in [0.717, 1.165) is 32.4 Å². The van der Waals surface area contributed by atoms with Crippen molar-refractivity contribution in [1.82, 2.24) is 25.2 Å². The number of hydrogen-bond acceptors (Lipinski definition) is 7. The van der Waals surface area contributed by atoms with Crippen LogP contribution in [0.25, 0.3) is 32.9 Å². The largest absolute Gasteiger partial charge is 0.461 e. The number of likely N-dealkylation sites (N-methyl/N-ethyl adjacent to an activating group) is 1. The number of anilines is 1. The number of alkyl halides is 1. The molecule has 0 radical (unpaired) electrons. The van der Waals surface area contributed by atoms with Crippen molar-refractivity contribution >= 4 is 39.1 Å². The molecule has 0 spiro atoms. The van der Waals surface area contributed by atoms with Crippen molar-refractivity contribution in [3.63, 3.8) is 0 Å². The monoisotopic (exact) mass is 596 g/mol. The van der Waals surface area contributed by atoms with Crippen LogP contribution in [-0.4, -0.2) is 76.9 Å². The molecule has 220 valence electrons. The molecule has 3 aliphatic rings. The highest BCUT2D eigenvalue weighted by Gasteiger charge is 2.49. The minimum atomic E-state index is -0.895. The highest BCUT2D eigenvalue weighted by molar-refractivity contribution is 6.36. The fourth-order valence-corrected chi connectivity index (χ4v) is 7.50. The van der Waals surface area contributed by atoms with Crippen molar-refractivity contribution in [2.45, 2.75) is 56.4 Å². The molecule has 1 N–H and O–H groups in total. The van der Waals surface area contributed by atoms with Gasteiger partial charge in [0.25, 0.3) is 0 Å². The second-order valence-corrected chi connectivity index (χ2v) is 12.2. The summed E-state index contributed by atoms with van der Waals surface area (Å²) < 4.78 is 51.6. The van der Waals surface area contributed by atoms with Gasteiger partial charge < -0.3 is 15.0 Å². The molecule has 0 bridgehead atoms. The Labute approximate surface area is 247 Å². The number of nitrogens with one attached hydrogen (secondary N) is 1. The number of ether oxygens (including phenoxy) is 1. The van der Waals surface area contributed by atoms with Crippen LogP contribution >= 0.6 is 11.6 Å². The standard InChI is InChI=1S/C31H32ClF3N6O/c1-17-23(9-11-36-17)40(2)29-21-14-37-27(20-6-3-5-18-7-8-22(34)25(32)24(18)20)26(35)28(21)38-30(39-29)42-16-31-10-4-12-41(31)15-19(33)13-31/h3,5-8,14,17,19,23,36H,4,9-13,15-16H2,1-2H3/t17-,19-,23-,31+/m1/s1. The number of pyridine rings is 1. The minimum Gasteiger partial charge on any atom is -0.461 e. The van der Waals surface area contributed by atoms with E-state index in [4.69, 9.17) is 21.3 Å². The molecule has 5 heterocycles. The summed E-state index contributed by atoms with van der Waals surface area (Å²) in [5.41, 5.74) is 0.0118. The molecule has 4 aromatic rings. The normalized spacial score (nSPS) is 25.9. The quantitative estimate of drug-likeness (QED) is 0.296. The van der Waals surface area contributed by atoms with E-state index in [9.17, 15) is 8.78 Å². The lowest BCUT2D eigenvalue weighted by atomic mass is 9.95. The maximum absolute atomic E-state index is 16.6. The van der Waals surface area contributed by atoms with Gasteiger partial charge >= 0.3 is 6.01 Å². The van der Waals surface area contributed by atoms with Crippen molar-refractivity contribution < 1.29 is 17.9 Å². The summed E-state index contributed by atoms with van der Waals surface area (Å²) in [5.74, 6) is -0.766. The average Bonchev–Trinajstić information content (AvgIpc) is 3.67. The Balaban J connectivity index is 1.36. The second kappa shape index (κ2) is 10.5. The maximum atomic E-state index is 16.6. The molecular weight excluding hydrogens is 565 g/mol. The van der Waals surface area contributed by atoms with Crippen LogP contribution in [-0.2, 0) is 0 Å². The molecule has 7 rings (SSSR count). The van der Waals surface area contributed by atoms with Crippen LogP contribution in [0, 0.1) is 11.6 Å². The van der Waals surface area contributed by atoms with Crippen LogP contribution in [0.15, 0.2) is 36.5 Å². The Kier molecular flexibility index (Phi) is 6.90. The van der Waals surface area contributed by atoms with E-state index in [2.05, 4.69) is 27.1 Å². The summed E-state index contributed by atoms with van der Waals surface area (Å²) in [7, 11) is 1.93. The van der Waals surface area contributed by atoms with Gasteiger partial charge in [-0.2, -0.15) is 9.97 Å². The van der Waals surface area contributed by atoms with Gasteiger partial charge in [-0.15, -0.1) is 0 Å². The lowest BCUT2D eigenvalue weighted by Gasteiger charge is -2.31. The number of halogens is 4. The van der Waals surface area contributed by atoms with Gasteiger partial charge in [-0.05, 0) is 50.7 Å². The van der Waals surface area contributed by atoms with Crippen LogP contribution < -0.4 is 15.0 Å². The van der Waals surface area contributed by atoms with Gasteiger partial charge in [0.15, 0.2) is 5.82 Å². The lowest BCUT2D eigenvalue weighted by Crippen LogP contribution is -2.43. The Bertz CT molecular complexity index is 1690. The fourth-order valence-electron chi connectivity index (χ4n) is 7.23. The number of hydrogen-bond donors (Lipinski definition) is 1. The first-order valence-corrected chi connectivity index (χ1v) is 14.8. The molecule has 4 atom stereocenters. The van der Waals surface area contributed by atoms with Crippen molar-refractivity contribution in [2.24, 2.45) is 0 Å². The maximum Gasteiger partial charge on any atom is 0.319 e. The van der Waals surface area contributed by atoms with Gasteiger partial charge in [0.05, 0.1) is 15.9 Å². The Morgan fingerprint density at radius 1 is 1.21 bits per heavy atom. The molecule has 11 heteroatoms. The molecule has 0 aliphatic carbocycles. The van der Waals surface area contributed by atoms with E-state index in [1.807, 2.05) is 11.9 Å². The lowest BCUT2D eigenvalue weighted by molar-refractivity contribution is 0.107. The zero-order valence-electron chi connectivity index (χ0n) is 23.5. The summed E-state index contributed by atoms with van der Waals surface area (Å²) in [6.45, 7) is 4.43. The molecule has 3 aliphatic heterocycles. The highest BCUT2D eigenvalue weighted by Crippen LogP contribution is 2.41. The number of nitrogens with zero attached hydrogens (tertiary/aromatic N) is 5. The summed E-state index contributed by atoms with van der Waals surface area (Å²) >= 11 is 6.37. The van der Waals surface area contributed by atoms with Gasteiger partial charge in [-0.1, -0.05) is 35.9 Å². The molecule has 2 aromatic carbocycles. The van der Waals surface area contributed by atoms with Gasteiger partial charge in [0.1, 0.15) is 35.6 Å². The van der Waals surface area contributed by atoms with Gasteiger partial charge in [0, 0.05) is 49.2 Å². The van der Waals surface area contributed by atoms with Crippen molar-refractivity contribution in [3.05, 3.63) is 53.2 Å². The average molecular weight is 597 g/mol. The molecular formula is C31H32ClF3N6O. The topological polar surface area (TPSA) is 66.4 Å². The molecule has 2 aromatic heterocycles. The molecule has 3 fully saturated rings. The third-order valence-electron chi connectivity index (χ3n) is 9.38. The zero-order valence-corrected chi connectivity index (χ0v) is 24.3. The van der Waals surface area contributed by atoms with Crippen molar-refractivity contribution in [1.29, 1.82) is 0 Å². The van der Waals surface area contributed by atoms with Crippen molar-refractivity contribution in [2.75, 3.05) is 38.2 Å². The summed E-state index contributed by atoms with van der Waals surface area (Å²) in [6, 6.07) is 8.45. The third-order valence-corrected chi connectivity index (χ3v) is 9.75. The predicted octanol–water partition coefficient (Wildman–Crippen LogP) is 5.92. The fraction of sp³-hybridized carbons (Fsp3) is 0.452. The van der Waals surface area contributed by atoms with Crippen LogP contribution in [0.2, 0.25) is 5.02 Å². The van der Waals surface area contributed by atoms with E-state index < -0.39 is 23.3 Å². The first-order chi connectivity index (χ1) is 20.3. The van der Waals surface area contributed by atoms with E-state index in [1.54, 1.807) is 30.5 Å². The number of rotatable bonds is 6. The molecule has 0 saturated carbocycles. The zero-order chi connectivity index (χ0) is 29.2. The molecule has 0 unspecified atom stereocenters. The van der Waals surface area contributed by atoms with E-state index in [0.29, 0.717) is 40.5 Å². The Morgan fingerprint density at radius 3 is 2.88 bits per heavy atom. The van der Waals surface area contributed by atoms with E-state index in [-0.39, 0.29) is 40.9 Å². The van der Waals surface area contributed by atoms with Crippen LogP contribution in [0.1, 0.15) is 32.6 Å². The number of fused-ring (bicyclic) bond motifs is 3. The smallest absolute Gasteiger partial charge is 0.319 e. The Hall–Kier alpha value is -3.21. The first-order valence-electron chi connectivity index (χ1n) is 14.5. The second-order valence-electron chi connectivity index (χ2n) is 11.9. The van der Waals surface area contributed by atoms with Gasteiger partial charge in [0.2, 0.25) is 0 Å². The van der Waals surface area contributed by atoms with Crippen LogP contribution in [0.5, 0.6) is 6.01 Å². The highest BCUT2D eigenvalue weighted by atomic mass is 35.5. The minimum absolute atomic E-state index is 0.00591. The van der Waals surface area contributed by atoms with Crippen LogP contribution in [0.3, 0.4) is 0 Å². The summed E-state index contributed by atoms with van der Waals surface area (Å²) in [4.78, 5) is 18.0. The van der Waals surface area contributed by atoms with E-state index in [1.165, 1.54) is 6.07 Å². The third kappa shape index (κ3) is 4.46. The number of aromatic nitrogens is 3. The predicted molar refractivity (Wildman–Crippen MR) is 158 cm³/mol. The summed E-state index contributed by atoms with van der Waals surface area (Å²) in [6.07, 6.45) is 3.77. The molecule has 3 saturated heterocycles. The summed E-state index contributed by atoms with van der Waals surface area (Å²) in [5, 5.41) is 4.84. The molecule has 0 amide bonds. The number of benzene rings is 2. The van der Waals surface area contributed by atoms with Gasteiger partial charge in [-0.3, -0.25) is 9.88 Å². The Morgan fingerprint density at radius 2 is 2.07 bits per heavy atom. The van der Waals surface area contributed by atoms with E-state index >= 15 is 4.39 Å². The molecule has 7 nitrogen and oxygen atoms in total. The van der Waals surface area contributed by atoms with Crippen molar-refractivity contribution in [3.8, 4) is 17.3 Å². The van der Waals surface area contributed by atoms with Gasteiger partial charge in [-0.25, -0.2) is 13.2 Å². The first kappa shape index (κ1) is 27.6.